The maximum atomic E-state index is 13.8. The molecule has 1 N–H and O–H groups in total. The van der Waals surface area contributed by atoms with Crippen molar-refractivity contribution in [3.05, 3.63) is 47.3 Å². The van der Waals surface area contributed by atoms with Crippen molar-refractivity contribution in [1.29, 1.82) is 0 Å². The van der Waals surface area contributed by atoms with E-state index in [4.69, 9.17) is 0 Å². The van der Waals surface area contributed by atoms with E-state index in [1.54, 1.807) is 38.2 Å². The summed E-state index contributed by atoms with van der Waals surface area (Å²) >= 11 is 0. The SMILES string of the molecule is CNC1CCCN(C(=O)c2cnn(-c3cccc(C)c3)c2C(F)(F)F)C1. The van der Waals surface area contributed by atoms with E-state index in [1.165, 1.54) is 4.90 Å². The zero-order chi connectivity index (χ0) is 18.9. The van der Waals surface area contributed by atoms with E-state index in [-0.39, 0.29) is 11.7 Å². The van der Waals surface area contributed by atoms with Crippen LogP contribution < -0.4 is 5.32 Å². The number of aryl methyl sites for hydroxylation is 1. The lowest BCUT2D eigenvalue weighted by Gasteiger charge is -2.32. The van der Waals surface area contributed by atoms with Crippen molar-refractivity contribution >= 4 is 5.91 Å². The maximum Gasteiger partial charge on any atom is 0.434 e. The van der Waals surface area contributed by atoms with E-state index in [1.807, 2.05) is 0 Å². The first kappa shape index (κ1) is 18.4. The number of nitrogens with one attached hydrogen (secondary N) is 1. The number of benzene rings is 1. The average molecular weight is 366 g/mol. The van der Waals surface area contributed by atoms with Gasteiger partial charge in [0, 0.05) is 19.1 Å². The van der Waals surface area contributed by atoms with Gasteiger partial charge in [-0.25, -0.2) is 4.68 Å². The van der Waals surface area contributed by atoms with Gasteiger partial charge in [0.2, 0.25) is 0 Å². The van der Waals surface area contributed by atoms with Crippen LogP contribution in [0.2, 0.25) is 0 Å². The van der Waals surface area contributed by atoms with E-state index in [0.29, 0.717) is 13.1 Å². The molecular weight excluding hydrogens is 345 g/mol. The van der Waals surface area contributed by atoms with E-state index in [9.17, 15) is 18.0 Å². The number of amides is 1. The first-order valence-electron chi connectivity index (χ1n) is 8.50. The van der Waals surface area contributed by atoms with E-state index in [0.717, 1.165) is 29.3 Å². The van der Waals surface area contributed by atoms with E-state index in [2.05, 4.69) is 10.4 Å². The molecule has 1 aliphatic rings. The summed E-state index contributed by atoms with van der Waals surface area (Å²) < 4.78 is 42.1. The van der Waals surface area contributed by atoms with Gasteiger partial charge >= 0.3 is 6.18 Å². The number of carbonyl (C=O) groups excluding carboxylic acids is 1. The lowest BCUT2D eigenvalue weighted by atomic mass is 10.0. The minimum atomic E-state index is -4.69. The summed E-state index contributed by atoms with van der Waals surface area (Å²) in [6.45, 7) is 2.63. The molecular formula is C18H21F3N4O. The molecule has 2 aromatic rings. The van der Waals surface area contributed by atoms with Gasteiger partial charge in [0.15, 0.2) is 5.69 Å². The molecule has 1 unspecified atom stereocenters. The van der Waals surface area contributed by atoms with Crippen LogP contribution in [0.25, 0.3) is 5.69 Å². The molecule has 1 amide bonds. The van der Waals surface area contributed by atoms with Gasteiger partial charge in [-0.05, 0) is 44.5 Å². The predicted octanol–water partition coefficient (Wildman–Crippen LogP) is 3.02. The Kier molecular flexibility index (Phi) is 5.04. The summed E-state index contributed by atoms with van der Waals surface area (Å²) in [5.41, 5.74) is -0.342. The monoisotopic (exact) mass is 366 g/mol. The molecule has 3 rings (SSSR count). The first-order valence-corrected chi connectivity index (χ1v) is 8.50. The lowest BCUT2D eigenvalue weighted by Crippen LogP contribution is -2.47. The number of alkyl halides is 3. The maximum absolute atomic E-state index is 13.8. The van der Waals surface area contributed by atoms with Gasteiger partial charge in [-0.3, -0.25) is 4.79 Å². The summed E-state index contributed by atoms with van der Waals surface area (Å²) in [5.74, 6) is -0.629. The fourth-order valence-corrected chi connectivity index (χ4v) is 3.30. The van der Waals surface area contributed by atoms with Crippen LogP contribution in [-0.4, -0.2) is 46.8 Å². The zero-order valence-electron chi connectivity index (χ0n) is 14.7. The van der Waals surface area contributed by atoms with Gasteiger partial charge in [0.25, 0.3) is 5.91 Å². The summed E-state index contributed by atoms with van der Waals surface area (Å²) in [7, 11) is 1.79. The Morgan fingerprint density at radius 3 is 2.77 bits per heavy atom. The van der Waals surface area contributed by atoms with Crippen LogP contribution in [0.1, 0.15) is 34.5 Å². The molecule has 2 heterocycles. The number of aromatic nitrogens is 2. The van der Waals surface area contributed by atoms with E-state index < -0.39 is 23.3 Å². The third kappa shape index (κ3) is 3.60. The molecule has 0 bridgehead atoms. The third-order valence-electron chi connectivity index (χ3n) is 4.63. The molecule has 1 atom stereocenters. The number of likely N-dealkylation sites (N-methyl/N-ethyl adjacent to an activating group) is 1. The highest BCUT2D eigenvalue weighted by atomic mass is 19.4. The molecule has 0 spiro atoms. The fourth-order valence-electron chi connectivity index (χ4n) is 3.30. The Morgan fingerprint density at radius 2 is 2.12 bits per heavy atom. The van der Waals surface area contributed by atoms with Crippen LogP contribution in [0, 0.1) is 6.92 Å². The number of hydrogen-bond acceptors (Lipinski definition) is 3. The van der Waals surface area contributed by atoms with Gasteiger partial charge in [-0.2, -0.15) is 18.3 Å². The first-order chi connectivity index (χ1) is 12.3. The highest BCUT2D eigenvalue weighted by Gasteiger charge is 2.41. The standard InChI is InChI=1S/C18H21F3N4O/c1-12-5-3-7-14(9-12)25-16(18(19,20)21)15(10-23-25)17(26)24-8-4-6-13(11-24)22-2/h3,5,7,9-10,13,22H,4,6,8,11H2,1-2H3. The van der Waals surface area contributed by atoms with Crippen molar-refractivity contribution in [2.24, 2.45) is 0 Å². The van der Waals surface area contributed by atoms with Crippen molar-refractivity contribution in [2.75, 3.05) is 20.1 Å². The largest absolute Gasteiger partial charge is 0.434 e. The molecule has 1 aromatic carbocycles. The molecule has 1 aromatic heterocycles. The van der Waals surface area contributed by atoms with Crippen molar-refractivity contribution in [3.63, 3.8) is 0 Å². The lowest BCUT2D eigenvalue weighted by molar-refractivity contribution is -0.143. The highest BCUT2D eigenvalue weighted by Crippen LogP contribution is 2.34. The van der Waals surface area contributed by atoms with Crippen LogP contribution in [0.5, 0.6) is 0 Å². The van der Waals surface area contributed by atoms with Crippen molar-refractivity contribution in [1.82, 2.24) is 20.0 Å². The summed E-state index contributed by atoms with van der Waals surface area (Å²) in [4.78, 5) is 14.3. The molecule has 5 nitrogen and oxygen atoms in total. The number of hydrogen-bond donors (Lipinski definition) is 1. The highest BCUT2D eigenvalue weighted by molar-refractivity contribution is 5.95. The van der Waals surface area contributed by atoms with Gasteiger partial charge in [-0.1, -0.05) is 12.1 Å². The summed E-state index contributed by atoms with van der Waals surface area (Å²) in [6.07, 6.45) is -2.01. The Morgan fingerprint density at radius 1 is 1.35 bits per heavy atom. The topological polar surface area (TPSA) is 50.2 Å². The minimum absolute atomic E-state index is 0.0915. The van der Waals surface area contributed by atoms with Crippen LogP contribution in [0.15, 0.2) is 30.5 Å². The smallest absolute Gasteiger partial charge is 0.337 e. The van der Waals surface area contributed by atoms with Crippen LogP contribution in [0.4, 0.5) is 13.2 Å². The normalized spacial score (nSPS) is 18.2. The fraction of sp³-hybridized carbons (Fsp3) is 0.444. The molecule has 1 aliphatic heterocycles. The zero-order valence-corrected chi connectivity index (χ0v) is 14.7. The molecule has 140 valence electrons. The Balaban J connectivity index is 2.01. The molecule has 1 fully saturated rings. The van der Waals surface area contributed by atoms with Gasteiger partial charge in [0.05, 0.1) is 17.4 Å². The second kappa shape index (κ2) is 7.11. The number of nitrogens with zero attached hydrogens (tertiary/aromatic N) is 3. The number of rotatable bonds is 3. The Bertz CT molecular complexity index is 800. The van der Waals surface area contributed by atoms with Crippen molar-refractivity contribution < 1.29 is 18.0 Å². The number of likely N-dealkylation sites (tertiary alicyclic amines) is 1. The molecule has 0 aliphatic carbocycles. The van der Waals surface area contributed by atoms with Crippen LogP contribution in [0.3, 0.4) is 0 Å². The molecule has 0 radical (unpaired) electrons. The van der Waals surface area contributed by atoms with E-state index >= 15 is 0 Å². The quantitative estimate of drug-likeness (QED) is 0.909. The van der Waals surface area contributed by atoms with Crippen LogP contribution >= 0.6 is 0 Å². The molecule has 1 saturated heterocycles. The third-order valence-corrected chi connectivity index (χ3v) is 4.63. The Hall–Kier alpha value is -2.35. The molecule has 0 saturated carbocycles. The van der Waals surface area contributed by atoms with Gasteiger partial charge in [0.1, 0.15) is 0 Å². The van der Waals surface area contributed by atoms with Crippen LogP contribution in [-0.2, 0) is 6.18 Å². The summed E-state index contributed by atoms with van der Waals surface area (Å²) in [6, 6.07) is 6.69. The second-order valence-electron chi connectivity index (χ2n) is 6.53. The van der Waals surface area contributed by atoms with Gasteiger partial charge < -0.3 is 10.2 Å². The minimum Gasteiger partial charge on any atom is -0.337 e. The summed E-state index contributed by atoms with van der Waals surface area (Å²) in [5, 5.41) is 6.97. The Labute approximate surface area is 149 Å². The molecule has 8 heteroatoms. The second-order valence-corrected chi connectivity index (χ2v) is 6.53. The number of halogens is 3. The predicted molar refractivity (Wildman–Crippen MR) is 91.3 cm³/mol. The average Bonchev–Trinajstić information content (AvgIpc) is 3.06. The number of piperidine rings is 1. The molecule has 26 heavy (non-hydrogen) atoms. The van der Waals surface area contributed by atoms with Crippen molar-refractivity contribution in [2.45, 2.75) is 32.0 Å². The van der Waals surface area contributed by atoms with Gasteiger partial charge in [-0.15, -0.1) is 0 Å². The number of carbonyl (C=O) groups is 1. The van der Waals surface area contributed by atoms with Crippen molar-refractivity contribution in [3.8, 4) is 5.69 Å².